The van der Waals surface area contributed by atoms with E-state index in [2.05, 4.69) is 55.6 Å². The Morgan fingerprint density at radius 3 is 1.18 bits per heavy atom. The summed E-state index contributed by atoms with van der Waals surface area (Å²) < 4.78 is 5.47. The van der Waals surface area contributed by atoms with Crippen molar-refractivity contribution in [1.29, 1.82) is 0 Å². The van der Waals surface area contributed by atoms with Crippen molar-refractivity contribution in [2.45, 2.75) is 328 Å². The van der Waals surface area contributed by atoms with Gasteiger partial charge in [0.25, 0.3) is 0 Å². The first-order valence-corrected chi connectivity index (χ1v) is 29.7. The number of nitrogens with one attached hydrogen (secondary N) is 1. The highest BCUT2D eigenvalue weighted by Gasteiger charge is 2.20. The van der Waals surface area contributed by atoms with E-state index in [0.717, 1.165) is 64.2 Å². The number of aliphatic hydroxyl groups is 2. The SMILES string of the molecule is CCCCC/C=C\C/C=C\CCCCCCCCCC(=O)OCCCCCCCC/C=C\CCCCCCCCCC(=O)NC(CO)C(O)CCCCCCCCCCCCCCCCCC. The van der Waals surface area contributed by atoms with Crippen LogP contribution in [0.25, 0.3) is 0 Å². The van der Waals surface area contributed by atoms with E-state index in [9.17, 15) is 19.8 Å². The molecule has 3 N–H and O–H groups in total. The lowest BCUT2D eigenvalue weighted by Gasteiger charge is -2.22. The van der Waals surface area contributed by atoms with Crippen LogP contribution in [0.5, 0.6) is 0 Å². The van der Waals surface area contributed by atoms with Gasteiger partial charge in [0.2, 0.25) is 5.91 Å². The van der Waals surface area contributed by atoms with Gasteiger partial charge in [-0.1, -0.05) is 256 Å². The van der Waals surface area contributed by atoms with Crippen LogP contribution in [0.2, 0.25) is 0 Å². The molecular weight excluding hydrogens is 827 g/mol. The van der Waals surface area contributed by atoms with E-state index in [1.54, 1.807) is 0 Å². The number of unbranched alkanes of at least 4 members (excludes halogenated alkanes) is 38. The number of hydrogen-bond acceptors (Lipinski definition) is 5. The zero-order chi connectivity index (χ0) is 48.6. The summed E-state index contributed by atoms with van der Waals surface area (Å²) in [5.41, 5.74) is 0. The number of esters is 1. The van der Waals surface area contributed by atoms with Crippen molar-refractivity contribution in [2.24, 2.45) is 0 Å². The van der Waals surface area contributed by atoms with Crippen LogP contribution in [0.15, 0.2) is 36.5 Å². The molecule has 0 aliphatic heterocycles. The maximum absolute atomic E-state index is 12.5. The molecule has 0 aromatic rings. The van der Waals surface area contributed by atoms with Gasteiger partial charge in [0.1, 0.15) is 0 Å². The second-order valence-corrected chi connectivity index (χ2v) is 20.3. The number of ether oxygens (including phenoxy) is 1. The molecule has 0 bridgehead atoms. The molecule has 67 heavy (non-hydrogen) atoms. The predicted molar refractivity (Wildman–Crippen MR) is 292 cm³/mol. The minimum atomic E-state index is -0.673. The normalized spacial score (nSPS) is 12.8. The fourth-order valence-electron chi connectivity index (χ4n) is 9.08. The standard InChI is InChI=1S/C61H115NO5/c1-3-5-7-9-11-13-15-17-19-22-27-31-35-39-43-47-51-55-61(66)67-56-52-48-44-40-36-32-28-24-21-23-26-30-34-38-42-46-50-54-60(65)62-58(57-63)59(64)53-49-45-41-37-33-29-25-20-18-16-14-12-10-8-6-4-2/h11,13,17,19,21,24,58-59,63-64H,3-10,12,14-16,18,20,22-23,25-57H2,1-2H3,(H,62,65)/b13-11-,19-17-,24-21-. The van der Waals surface area contributed by atoms with Gasteiger partial charge in [-0.15, -0.1) is 0 Å². The van der Waals surface area contributed by atoms with Crippen LogP contribution in [0.3, 0.4) is 0 Å². The fourth-order valence-corrected chi connectivity index (χ4v) is 9.08. The maximum Gasteiger partial charge on any atom is 0.305 e. The summed E-state index contributed by atoms with van der Waals surface area (Å²) in [5, 5.41) is 23.3. The summed E-state index contributed by atoms with van der Waals surface area (Å²) in [6, 6.07) is -0.551. The Labute approximate surface area is 417 Å². The molecule has 0 aromatic carbocycles. The highest BCUT2D eigenvalue weighted by Crippen LogP contribution is 2.17. The molecule has 0 saturated heterocycles. The second kappa shape index (κ2) is 56.7. The molecule has 0 aromatic heterocycles. The first-order valence-electron chi connectivity index (χ1n) is 29.7. The number of amides is 1. The topological polar surface area (TPSA) is 95.9 Å². The zero-order valence-electron chi connectivity index (χ0n) is 44.9. The zero-order valence-corrected chi connectivity index (χ0v) is 44.9. The number of hydrogen-bond donors (Lipinski definition) is 3. The summed E-state index contributed by atoms with van der Waals surface area (Å²) in [6.45, 7) is 4.91. The third-order valence-corrected chi connectivity index (χ3v) is 13.7. The monoisotopic (exact) mass is 942 g/mol. The number of carbonyl (C=O) groups is 2. The number of aliphatic hydroxyl groups excluding tert-OH is 2. The van der Waals surface area contributed by atoms with E-state index in [4.69, 9.17) is 4.74 Å². The third-order valence-electron chi connectivity index (χ3n) is 13.7. The Morgan fingerprint density at radius 2 is 0.746 bits per heavy atom. The molecule has 0 radical (unpaired) electrons. The largest absolute Gasteiger partial charge is 0.466 e. The van der Waals surface area contributed by atoms with Gasteiger partial charge in [0.15, 0.2) is 0 Å². The van der Waals surface area contributed by atoms with Gasteiger partial charge in [-0.25, -0.2) is 0 Å². The molecule has 0 aliphatic rings. The smallest absolute Gasteiger partial charge is 0.305 e. The minimum Gasteiger partial charge on any atom is -0.466 e. The molecule has 394 valence electrons. The Morgan fingerprint density at radius 1 is 0.418 bits per heavy atom. The predicted octanol–water partition coefficient (Wildman–Crippen LogP) is 18.4. The lowest BCUT2D eigenvalue weighted by atomic mass is 10.0. The van der Waals surface area contributed by atoms with Gasteiger partial charge < -0.3 is 20.3 Å². The summed E-state index contributed by atoms with van der Waals surface area (Å²) in [4.78, 5) is 24.5. The fraction of sp³-hybridized carbons (Fsp3) is 0.869. The van der Waals surface area contributed by atoms with Crippen molar-refractivity contribution in [3.8, 4) is 0 Å². The quantitative estimate of drug-likeness (QED) is 0.0321. The summed E-state index contributed by atoms with van der Waals surface area (Å²) in [7, 11) is 0. The van der Waals surface area contributed by atoms with E-state index >= 15 is 0 Å². The van der Waals surface area contributed by atoms with Gasteiger partial charge in [0.05, 0.1) is 25.4 Å². The van der Waals surface area contributed by atoms with Crippen LogP contribution in [-0.2, 0) is 14.3 Å². The van der Waals surface area contributed by atoms with Crippen LogP contribution in [-0.4, -0.2) is 47.4 Å². The van der Waals surface area contributed by atoms with Crippen LogP contribution in [0.1, 0.15) is 316 Å². The van der Waals surface area contributed by atoms with E-state index in [0.29, 0.717) is 25.9 Å². The van der Waals surface area contributed by atoms with Crippen molar-refractivity contribution in [3.63, 3.8) is 0 Å². The van der Waals surface area contributed by atoms with E-state index in [1.807, 2.05) is 0 Å². The van der Waals surface area contributed by atoms with E-state index in [-0.39, 0.29) is 18.5 Å². The maximum atomic E-state index is 12.5. The third kappa shape index (κ3) is 53.3. The van der Waals surface area contributed by atoms with Crippen LogP contribution >= 0.6 is 0 Å². The van der Waals surface area contributed by atoms with Gasteiger partial charge >= 0.3 is 5.97 Å². The average Bonchev–Trinajstić information content (AvgIpc) is 3.33. The van der Waals surface area contributed by atoms with Crippen molar-refractivity contribution >= 4 is 11.9 Å². The summed E-state index contributed by atoms with van der Waals surface area (Å²) in [6.07, 6.45) is 69.9. The molecule has 0 aliphatic carbocycles. The second-order valence-electron chi connectivity index (χ2n) is 20.3. The van der Waals surface area contributed by atoms with Crippen molar-refractivity contribution in [2.75, 3.05) is 13.2 Å². The van der Waals surface area contributed by atoms with E-state index in [1.165, 1.54) is 218 Å². The van der Waals surface area contributed by atoms with Crippen LogP contribution in [0, 0.1) is 0 Å². The Bertz CT molecular complexity index is 1090. The van der Waals surface area contributed by atoms with Crippen molar-refractivity contribution in [1.82, 2.24) is 5.32 Å². The van der Waals surface area contributed by atoms with Gasteiger partial charge in [0, 0.05) is 12.8 Å². The summed E-state index contributed by atoms with van der Waals surface area (Å²) in [5.74, 6) is -0.0555. The lowest BCUT2D eigenvalue weighted by Crippen LogP contribution is -2.45. The highest BCUT2D eigenvalue weighted by atomic mass is 16.5. The highest BCUT2D eigenvalue weighted by molar-refractivity contribution is 5.76. The molecule has 0 heterocycles. The van der Waals surface area contributed by atoms with E-state index < -0.39 is 12.1 Å². The number of carbonyl (C=O) groups excluding carboxylic acids is 2. The van der Waals surface area contributed by atoms with Gasteiger partial charge in [-0.3, -0.25) is 9.59 Å². The molecule has 2 unspecified atom stereocenters. The Balaban J connectivity index is 3.46. The molecule has 2 atom stereocenters. The van der Waals surface area contributed by atoms with Gasteiger partial charge in [-0.2, -0.15) is 0 Å². The Kier molecular flexibility index (Phi) is 55.0. The van der Waals surface area contributed by atoms with Gasteiger partial charge in [-0.05, 0) is 83.5 Å². The number of rotatable bonds is 55. The first kappa shape index (κ1) is 65.1. The molecule has 0 fully saturated rings. The number of allylic oxidation sites excluding steroid dienone is 6. The molecule has 6 heteroatoms. The molecule has 0 rings (SSSR count). The molecule has 0 saturated carbocycles. The average molecular weight is 943 g/mol. The molecule has 0 spiro atoms. The molecular formula is C61H115NO5. The molecule has 6 nitrogen and oxygen atoms in total. The first-order chi connectivity index (χ1) is 33.0. The van der Waals surface area contributed by atoms with Crippen molar-refractivity contribution in [3.05, 3.63) is 36.5 Å². The molecule has 1 amide bonds. The van der Waals surface area contributed by atoms with Crippen molar-refractivity contribution < 1.29 is 24.5 Å². The van der Waals surface area contributed by atoms with Crippen LogP contribution in [0.4, 0.5) is 0 Å². The Hall–Kier alpha value is -1.92. The summed E-state index contributed by atoms with van der Waals surface area (Å²) >= 11 is 0. The van der Waals surface area contributed by atoms with Crippen LogP contribution < -0.4 is 5.32 Å². The minimum absolute atomic E-state index is 0.00947. The lowest BCUT2D eigenvalue weighted by molar-refractivity contribution is -0.143.